The predicted molar refractivity (Wildman–Crippen MR) is 70.1 cm³/mol. The number of carbonyl (C=O) groups is 2. The van der Waals surface area contributed by atoms with Gasteiger partial charge in [0.05, 0.1) is 13.2 Å². The lowest BCUT2D eigenvalue weighted by molar-refractivity contribution is -0.140. The van der Waals surface area contributed by atoms with Crippen molar-refractivity contribution in [3.8, 4) is 0 Å². The molecule has 0 fully saturated rings. The Hall–Kier alpha value is -1.32. The molecule has 0 aromatic carbocycles. The first-order chi connectivity index (χ1) is 8.70. The van der Waals surface area contributed by atoms with Gasteiger partial charge in [-0.2, -0.15) is 0 Å². The van der Waals surface area contributed by atoms with E-state index in [-0.39, 0.29) is 0 Å². The summed E-state index contributed by atoms with van der Waals surface area (Å²) in [4.78, 5) is 22.1. The zero-order valence-corrected chi connectivity index (χ0v) is 11.4. The molecule has 0 saturated heterocycles. The third-order valence-electron chi connectivity index (χ3n) is 2.38. The summed E-state index contributed by atoms with van der Waals surface area (Å²) in [6.07, 6.45) is 9.08. The quantitative estimate of drug-likeness (QED) is 0.342. The van der Waals surface area contributed by atoms with E-state index < -0.39 is 11.9 Å². The van der Waals surface area contributed by atoms with Crippen LogP contribution in [0.5, 0.6) is 0 Å². The second-order valence-electron chi connectivity index (χ2n) is 4.02. The minimum atomic E-state index is -0.519. The molecule has 4 nitrogen and oxygen atoms in total. The van der Waals surface area contributed by atoms with Crippen molar-refractivity contribution in [3.63, 3.8) is 0 Å². The average molecular weight is 256 g/mol. The Bertz CT molecular complexity index is 259. The number of ether oxygens (including phenoxy) is 2. The Balaban J connectivity index is 3.45. The van der Waals surface area contributed by atoms with Gasteiger partial charge in [0.1, 0.15) is 0 Å². The maximum atomic E-state index is 11.2. The highest BCUT2D eigenvalue weighted by Gasteiger charge is 1.99. The van der Waals surface area contributed by atoms with Crippen LogP contribution in [0.3, 0.4) is 0 Å². The Morgan fingerprint density at radius 2 is 1.39 bits per heavy atom. The topological polar surface area (TPSA) is 52.6 Å². The lowest BCUT2D eigenvalue weighted by Gasteiger charge is -2.02. The van der Waals surface area contributed by atoms with Crippen LogP contribution in [0.2, 0.25) is 0 Å². The number of hydrogen-bond donors (Lipinski definition) is 0. The van der Waals surface area contributed by atoms with Gasteiger partial charge < -0.3 is 9.47 Å². The normalized spacial score (nSPS) is 10.6. The van der Waals surface area contributed by atoms with Crippen LogP contribution in [0.4, 0.5) is 0 Å². The van der Waals surface area contributed by atoms with Crippen molar-refractivity contribution in [1.82, 2.24) is 0 Å². The van der Waals surface area contributed by atoms with Crippen molar-refractivity contribution in [3.05, 3.63) is 12.2 Å². The lowest BCUT2D eigenvalue weighted by Crippen LogP contribution is -2.05. The van der Waals surface area contributed by atoms with E-state index in [1.165, 1.54) is 25.7 Å². The van der Waals surface area contributed by atoms with Gasteiger partial charge in [0.15, 0.2) is 0 Å². The number of esters is 2. The van der Waals surface area contributed by atoms with Crippen LogP contribution >= 0.6 is 0 Å². The molecular formula is C14H24O4. The van der Waals surface area contributed by atoms with Gasteiger partial charge in [-0.15, -0.1) is 0 Å². The van der Waals surface area contributed by atoms with E-state index in [4.69, 9.17) is 4.74 Å². The molecule has 0 atom stereocenters. The molecule has 0 aliphatic carbocycles. The standard InChI is InChI=1S/C14H24O4/c1-3-5-6-7-8-9-12-18-14(16)11-10-13(15)17-4-2/h10-11H,3-9,12H2,1-2H3/b11-10+. The smallest absolute Gasteiger partial charge is 0.331 e. The molecule has 0 aromatic rings. The highest BCUT2D eigenvalue weighted by molar-refractivity contribution is 5.91. The molecule has 104 valence electrons. The fraction of sp³-hybridized carbons (Fsp3) is 0.714. The molecule has 0 N–H and O–H groups in total. The number of rotatable bonds is 10. The zero-order chi connectivity index (χ0) is 13.6. The van der Waals surface area contributed by atoms with Crippen molar-refractivity contribution in [2.75, 3.05) is 13.2 Å². The predicted octanol–water partition coefficient (Wildman–Crippen LogP) is 3.01. The van der Waals surface area contributed by atoms with E-state index in [1.54, 1.807) is 6.92 Å². The molecule has 0 unspecified atom stereocenters. The van der Waals surface area contributed by atoms with E-state index in [2.05, 4.69) is 11.7 Å². The van der Waals surface area contributed by atoms with E-state index in [0.717, 1.165) is 25.0 Å². The van der Waals surface area contributed by atoms with Crippen LogP contribution < -0.4 is 0 Å². The minimum absolute atomic E-state index is 0.302. The molecule has 4 heteroatoms. The van der Waals surface area contributed by atoms with Crippen molar-refractivity contribution in [2.24, 2.45) is 0 Å². The first-order valence-electron chi connectivity index (χ1n) is 6.72. The SMILES string of the molecule is CCCCCCCCOC(=O)/C=C/C(=O)OCC. The van der Waals surface area contributed by atoms with Gasteiger partial charge in [0.2, 0.25) is 0 Å². The van der Waals surface area contributed by atoms with Gasteiger partial charge in [0.25, 0.3) is 0 Å². The Kier molecular flexibility index (Phi) is 11.3. The summed E-state index contributed by atoms with van der Waals surface area (Å²) in [5, 5.41) is 0. The number of hydrogen-bond acceptors (Lipinski definition) is 4. The molecule has 0 radical (unpaired) electrons. The first kappa shape index (κ1) is 16.7. The van der Waals surface area contributed by atoms with Gasteiger partial charge in [-0.1, -0.05) is 39.0 Å². The molecule has 0 spiro atoms. The van der Waals surface area contributed by atoms with Crippen LogP contribution in [0.15, 0.2) is 12.2 Å². The van der Waals surface area contributed by atoms with E-state index in [9.17, 15) is 9.59 Å². The molecule has 0 aliphatic rings. The molecule has 0 aliphatic heterocycles. The third-order valence-corrected chi connectivity index (χ3v) is 2.38. The average Bonchev–Trinajstić information content (AvgIpc) is 2.35. The summed E-state index contributed by atoms with van der Waals surface area (Å²) in [6.45, 7) is 4.61. The monoisotopic (exact) mass is 256 g/mol. The van der Waals surface area contributed by atoms with Crippen molar-refractivity contribution in [2.45, 2.75) is 52.4 Å². The number of carbonyl (C=O) groups excluding carboxylic acids is 2. The van der Waals surface area contributed by atoms with Gasteiger partial charge in [-0.25, -0.2) is 9.59 Å². The summed E-state index contributed by atoms with van der Waals surface area (Å²) in [7, 11) is 0. The molecule has 0 amide bonds. The molecule has 18 heavy (non-hydrogen) atoms. The Morgan fingerprint density at radius 3 is 2.00 bits per heavy atom. The van der Waals surface area contributed by atoms with Crippen LogP contribution in [-0.4, -0.2) is 25.2 Å². The van der Waals surface area contributed by atoms with Gasteiger partial charge in [-0.05, 0) is 13.3 Å². The van der Waals surface area contributed by atoms with Crippen LogP contribution in [0, 0.1) is 0 Å². The van der Waals surface area contributed by atoms with Crippen LogP contribution in [-0.2, 0) is 19.1 Å². The zero-order valence-electron chi connectivity index (χ0n) is 11.4. The molecule has 0 saturated carbocycles. The Morgan fingerprint density at radius 1 is 0.833 bits per heavy atom. The van der Waals surface area contributed by atoms with E-state index in [0.29, 0.717) is 13.2 Å². The summed E-state index contributed by atoms with van der Waals surface area (Å²) >= 11 is 0. The van der Waals surface area contributed by atoms with E-state index >= 15 is 0 Å². The van der Waals surface area contributed by atoms with Gasteiger partial charge in [-0.3, -0.25) is 0 Å². The van der Waals surface area contributed by atoms with Crippen molar-refractivity contribution < 1.29 is 19.1 Å². The van der Waals surface area contributed by atoms with Crippen molar-refractivity contribution >= 4 is 11.9 Å². The molecular weight excluding hydrogens is 232 g/mol. The minimum Gasteiger partial charge on any atom is -0.463 e. The summed E-state index contributed by atoms with van der Waals surface area (Å²) in [6, 6.07) is 0. The van der Waals surface area contributed by atoms with Gasteiger partial charge in [0, 0.05) is 12.2 Å². The van der Waals surface area contributed by atoms with E-state index in [1.807, 2.05) is 0 Å². The molecule has 0 heterocycles. The highest BCUT2D eigenvalue weighted by Crippen LogP contribution is 2.04. The third kappa shape index (κ3) is 11.2. The van der Waals surface area contributed by atoms with Crippen molar-refractivity contribution in [1.29, 1.82) is 0 Å². The first-order valence-corrected chi connectivity index (χ1v) is 6.72. The second-order valence-corrected chi connectivity index (χ2v) is 4.02. The second kappa shape index (κ2) is 12.1. The maximum Gasteiger partial charge on any atom is 0.331 e. The fourth-order valence-corrected chi connectivity index (χ4v) is 1.43. The largest absolute Gasteiger partial charge is 0.463 e. The molecule has 0 bridgehead atoms. The summed E-state index contributed by atoms with van der Waals surface area (Å²) in [5.74, 6) is -1.01. The summed E-state index contributed by atoms with van der Waals surface area (Å²) < 4.78 is 9.58. The molecule has 0 aromatic heterocycles. The fourth-order valence-electron chi connectivity index (χ4n) is 1.43. The van der Waals surface area contributed by atoms with Gasteiger partial charge >= 0.3 is 11.9 Å². The summed E-state index contributed by atoms with van der Waals surface area (Å²) in [5.41, 5.74) is 0. The van der Waals surface area contributed by atoms with Crippen LogP contribution in [0.25, 0.3) is 0 Å². The Labute approximate surface area is 109 Å². The lowest BCUT2D eigenvalue weighted by atomic mass is 10.1. The maximum absolute atomic E-state index is 11.2. The molecule has 0 rings (SSSR count). The number of unbranched alkanes of at least 4 members (excludes halogenated alkanes) is 5. The highest BCUT2D eigenvalue weighted by atomic mass is 16.5. The van der Waals surface area contributed by atoms with Crippen LogP contribution in [0.1, 0.15) is 52.4 Å².